The SMILES string of the molecule is FC(F)n1ncc(SCc2ccccc2)n1. The Hall–Kier alpha value is -1.43. The summed E-state index contributed by atoms with van der Waals surface area (Å²) in [5.74, 6) is 0.697. The zero-order valence-corrected chi connectivity index (χ0v) is 9.07. The van der Waals surface area contributed by atoms with E-state index in [1.807, 2.05) is 30.3 Å². The van der Waals surface area contributed by atoms with Crippen LogP contribution in [0.1, 0.15) is 12.1 Å². The lowest BCUT2D eigenvalue weighted by molar-refractivity contribution is 0.0403. The predicted octanol–water partition coefficient (Wildman–Crippen LogP) is 2.97. The van der Waals surface area contributed by atoms with Crippen LogP contribution in [0.4, 0.5) is 8.78 Å². The van der Waals surface area contributed by atoms with Crippen LogP contribution in [0, 0.1) is 0 Å². The molecule has 0 aliphatic rings. The van der Waals surface area contributed by atoms with Crippen molar-refractivity contribution in [3.63, 3.8) is 0 Å². The number of hydrogen-bond acceptors (Lipinski definition) is 3. The second-order valence-corrected chi connectivity index (χ2v) is 4.05. The van der Waals surface area contributed by atoms with Gasteiger partial charge >= 0.3 is 6.55 Å². The molecule has 2 aromatic rings. The number of halogens is 2. The Morgan fingerprint density at radius 3 is 2.62 bits per heavy atom. The standard InChI is InChI=1S/C10H9F2N3S/c11-10(12)15-13-6-9(14-15)16-7-8-4-2-1-3-5-8/h1-6,10H,7H2. The van der Waals surface area contributed by atoms with Crippen LogP contribution in [0.25, 0.3) is 0 Å². The molecule has 2 rings (SSSR count). The smallest absolute Gasteiger partial charge is 0.182 e. The maximum Gasteiger partial charge on any atom is 0.348 e. The summed E-state index contributed by atoms with van der Waals surface area (Å²) in [4.78, 5) is 0.410. The molecule has 84 valence electrons. The third kappa shape index (κ3) is 2.79. The Morgan fingerprint density at radius 1 is 1.25 bits per heavy atom. The lowest BCUT2D eigenvalue weighted by Crippen LogP contribution is -2.01. The maximum atomic E-state index is 12.2. The number of thioether (sulfide) groups is 1. The first-order valence-corrected chi connectivity index (χ1v) is 5.61. The second kappa shape index (κ2) is 5.07. The normalized spacial score (nSPS) is 10.9. The molecule has 6 heteroatoms. The first-order chi connectivity index (χ1) is 7.75. The third-order valence-electron chi connectivity index (χ3n) is 1.89. The molecule has 0 aliphatic carbocycles. The van der Waals surface area contributed by atoms with Gasteiger partial charge in [0.1, 0.15) is 5.03 Å². The van der Waals surface area contributed by atoms with Gasteiger partial charge in [-0.15, -0.1) is 9.90 Å². The Bertz CT molecular complexity index is 444. The van der Waals surface area contributed by atoms with Gasteiger partial charge in [0.25, 0.3) is 0 Å². The van der Waals surface area contributed by atoms with E-state index in [4.69, 9.17) is 0 Å². The summed E-state index contributed by atoms with van der Waals surface area (Å²) in [6.07, 6.45) is 1.35. The minimum absolute atomic E-state index is 0.410. The van der Waals surface area contributed by atoms with E-state index >= 15 is 0 Å². The average Bonchev–Trinajstić information content (AvgIpc) is 2.76. The molecule has 0 fully saturated rings. The summed E-state index contributed by atoms with van der Waals surface area (Å²) in [5.41, 5.74) is 1.12. The summed E-state index contributed by atoms with van der Waals surface area (Å²) < 4.78 is 24.3. The Labute approximate surface area is 95.5 Å². The van der Waals surface area contributed by atoms with Crippen LogP contribution in [-0.2, 0) is 5.75 Å². The summed E-state index contributed by atoms with van der Waals surface area (Å²) in [7, 11) is 0. The molecule has 0 amide bonds. The fourth-order valence-corrected chi connectivity index (χ4v) is 1.92. The summed E-state index contributed by atoms with van der Waals surface area (Å²) in [6.45, 7) is -2.67. The van der Waals surface area contributed by atoms with Crippen LogP contribution in [0.3, 0.4) is 0 Å². The van der Waals surface area contributed by atoms with Gasteiger partial charge in [-0.2, -0.15) is 13.9 Å². The number of rotatable bonds is 4. The van der Waals surface area contributed by atoms with Crippen molar-refractivity contribution in [1.29, 1.82) is 0 Å². The fraction of sp³-hybridized carbons (Fsp3) is 0.200. The molecule has 1 aromatic heterocycles. The number of nitrogens with zero attached hydrogens (tertiary/aromatic N) is 3. The average molecular weight is 241 g/mol. The fourth-order valence-electron chi connectivity index (χ4n) is 1.15. The van der Waals surface area contributed by atoms with Crippen LogP contribution >= 0.6 is 11.8 Å². The van der Waals surface area contributed by atoms with Gasteiger partial charge in [-0.1, -0.05) is 42.1 Å². The van der Waals surface area contributed by atoms with E-state index < -0.39 is 6.55 Å². The zero-order valence-electron chi connectivity index (χ0n) is 8.25. The first kappa shape index (κ1) is 11.1. The van der Waals surface area contributed by atoms with E-state index in [2.05, 4.69) is 10.2 Å². The van der Waals surface area contributed by atoms with Gasteiger partial charge in [0.15, 0.2) is 0 Å². The van der Waals surface area contributed by atoms with Crippen molar-refractivity contribution < 1.29 is 8.78 Å². The molecule has 0 aliphatic heterocycles. The van der Waals surface area contributed by atoms with Gasteiger partial charge in [0, 0.05) is 5.75 Å². The van der Waals surface area contributed by atoms with Gasteiger partial charge in [-0.05, 0) is 5.56 Å². The Morgan fingerprint density at radius 2 is 2.00 bits per heavy atom. The van der Waals surface area contributed by atoms with Gasteiger partial charge < -0.3 is 0 Å². The van der Waals surface area contributed by atoms with Crippen molar-refractivity contribution in [3.8, 4) is 0 Å². The maximum absolute atomic E-state index is 12.2. The van der Waals surface area contributed by atoms with E-state index in [0.717, 1.165) is 5.56 Å². The van der Waals surface area contributed by atoms with E-state index in [9.17, 15) is 8.78 Å². The van der Waals surface area contributed by atoms with Crippen LogP contribution in [0.15, 0.2) is 41.6 Å². The van der Waals surface area contributed by atoms with Crippen molar-refractivity contribution in [3.05, 3.63) is 42.1 Å². The summed E-state index contributed by atoms with van der Waals surface area (Å²) >= 11 is 1.38. The predicted molar refractivity (Wildman–Crippen MR) is 57.3 cm³/mol. The van der Waals surface area contributed by atoms with Crippen molar-refractivity contribution in [2.45, 2.75) is 17.3 Å². The lowest BCUT2D eigenvalue weighted by Gasteiger charge is -1.97. The van der Waals surface area contributed by atoms with Crippen LogP contribution < -0.4 is 0 Å². The van der Waals surface area contributed by atoms with E-state index in [1.165, 1.54) is 18.0 Å². The quantitative estimate of drug-likeness (QED) is 0.771. The van der Waals surface area contributed by atoms with Gasteiger partial charge in [0.2, 0.25) is 0 Å². The molecule has 0 saturated carbocycles. The van der Waals surface area contributed by atoms with Gasteiger partial charge in [-0.25, -0.2) is 0 Å². The summed E-state index contributed by atoms with van der Waals surface area (Å²) in [6, 6.07) is 9.76. The third-order valence-corrected chi connectivity index (χ3v) is 2.85. The highest BCUT2D eigenvalue weighted by Crippen LogP contribution is 2.20. The zero-order chi connectivity index (χ0) is 11.4. The topological polar surface area (TPSA) is 30.7 Å². The van der Waals surface area contributed by atoms with Crippen LogP contribution in [-0.4, -0.2) is 15.0 Å². The number of aromatic nitrogens is 3. The minimum Gasteiger partial charge on any atom is -0.182 e. The first-order valence-electron chi connectivity index (χ1n) is 4.62. The molecule has 0 radical (unpaired) electrons. The number of alkyl halides is 2. The molecule has 0 unspecified atom stereocenters. The van der Waals surface area contributed by atoms with Crippen LogP contribution in [0.2, 0.25) is 0 Å². The molecule has 0 saturated heterocycles. The molecule has 1 heterocycles. The molecular formula is C10H9F2N3S. The second-order valence-electron chi connectivity index (χ2n) is 3.06. The molecule has 0 spiro atoms. The monoisotopic (exact) mass is 241 g/mol. The Kier molecular flexibility index (Phi) is 3.51. The van der Waals surface area contributed by atoms with E-state index in [-0.39, 0.29) is 0 Å². The highest BCUT2D eigenvalue weighted by atomic mass is 32.2. The largest absolute Gasteiger partial charge is 0.348 e. The van der Waals surface area contributed by atoms with E-state index in [0.29, 0.717) is 15.6 Å². The molecule has 1 aromatic carbocycles. The van der Waals surface area contributed by atoms with Crippen molar-refractivity contribution in [2.75, 3.05) is 0 Å². The molecule has 0 atom stereocenters. The van der Waals surface area contributed by atoms with Gasteiger partial charge in [0.05, 0.1) is 6.20 Å². The number of benzene rings is 1. The molecular weight excluding hydrogens is 232 g/mol. The minimum atomic E-state index is -2.67. The van der Waals surface area contributed by atoms with Gasteiger partial charge in [-0.3, -0.25) is 0 Å². The molecule has 0 bridgehead atoms. The summed E-state index contributed by atoms with van der Waals surface area (Å²) in [5, 5.41) is 7.61. The Balaban J connectivity index is 1.95. The van der Waals surface area contributed by atoms with Crippen LogP contribution in [0.5, 0.6) is 0 Å². The van der Waals surface area contributed by atoms with Crippen molar-refractivity contribution in [2.24, 2.45) is 0 Å². The highest BCUT2D eigenvalue weighted by molar-refractivity contribution is 7.98. The molecule has 16 heavy (non-hydrogen) atoms. The van der Waals surface area contributed by atoms with E-state index in [1.54, 1.807) is 0 Å². The van der Waals surface area contributed by atoms with Crippen molar-refractivity contribution in [1.82, 2.24) is 15.0 Å². The molecule has 0 N–H and O–H groups in total. The number of hydrogen-bond donors (Lipinski definition) is 0. The highest BCUT2D eigenvalue weighted by Gasteiger charge is 2.09. The molecule has 3 nitrogen and oxygen atoms in total. The van der Waals surface area contributed by atoms with Crippen molar-refractivity contribution >= 4 is 11.8 Å². The lowest BCUT2D eigenvalue weighted by atomic mass is 10.2.